The van der Waals surface area contributed by atoms with Gasteiger partial charge in [-0.15, -0.1) is 0 Å². The van der Waals surface area contributed by atoms with Crippen molar-refractivity contribution in [3.8, 4) is 0 Å². The van der Waals surface area contributed by atoms with E-state index in [2.05, 4.69) is 21.5 Å². The van der Waals surface area contributed by atoms with Crippen LogP contribution in [-0.2, 0) is 11.3 Å². The van der Waals surface area contributed by atoms with Crippen molar-refractivity contribution in [3.63, 3.8) is 0 Å². The van der Waals surface area contributed by atoms with Crippen LogP contribution in [0, 0.1) is 5.92 Å². The predicted molar refractivity (Wildman–Crippen MR) is 98.2 cm³/mol. The summed E-state index contributed by atoms with van der Waals surface area (Å²) in [5.41, 5.74) is 1.93. The highest BCUT2D eigenvalue weighted by molar-refractivity contribution is 5.80. The Hall–Kier alpha value is -2.73. The maximum Gasteiger partial charge on any atom is 0.222 e. The third-order valence-electron chi connectivity index (χ3n) is 5.04. The molecule has 0 aliphatic heterocycles. The van der Waals surface area contributed by atoms with Crippen LogP contribution in [0.5, 0.6) is 0 Å². The van der Waals surface area contributed by atoms with Crippen molar-refractivity contribution in [2.24, 2.45) is 5.92 Å². The smallest absolute Gasteiger partial charge is 0.222 e. The molecule has 3 aromatic rings. The van der Waals surface area contributed by atoms with Crippen molar-refractivity contribution in [1.82, 2.24) is 20.1 Å². The van der Waals surface area contributed by atoms with E-state index in [1.165, 1.54) is 0 Å². The standard InChI is InChI=1S/C20H22N4O2/c25-17-11-15(12-17)20(23-19(26)6-9-24-8-3-7-22-24)16-10-14-4-1-2-5-18(14)21-13-16/h1-5,7-8,10,13,15,17,20,25H,6,9,11-12H2,(H,23,26). The van der Waals surface area contributed by atoms with Gasteiger partial charge in [-0.05, 0) is 42.5 Å². The fourth-order valence-electron chi connectivity index (χ4n) is 3.53. The van der Waals surface area contributed by atoms with Crippen molar-refractivity contribution in [3.05, 3.63) is 60.6 Å². The number of amides is 1. The molecular weight excluding hydrogens is 328 g/mol. The van der Waals surface area contributed by atoms with Crippen LogP contribution in [0.1, 0.15) is 30.9 Å². The van der Waals surface area contributed by atoms with E-state index in [1.807, 2.05) is 42.7 Å². The van der Waals surface area contributed by atoms with Crippen LogP contribution < -0.4 is 5.32 Å². The SMILES string of the molecule is O=C(CCn1cccn1)NC(c1cnc2ccccc2c1)C1CC(O)C1. The number of aryl methyl sites for hydroxylation is 1. The van der Waals surface area contributed by atoms with Gasteiger partial charge in [-0.3, -0.25) is 14.5 Å². The first kappa shape index (κ1) is 16.7. The molecule has 1 amide bonds. The van der Waals surface area contributed by atoms with Crippen LogP contribution in [0.2, 0.25) is 0 Å². The highest BCUT2D eigenvalue weighted by Gasteiger charge is 2.35. The average molecular weight is 350 g/mol. The van der Waals surface area contributed by atoms with E-state index in [0.717, 1.165) is 16.5 Å². The van der Waals surface area contributed by atoms with E-state index in [-0.39, 0.29) is 24.0 Å². The first-order valence-corrected chi connectivity index (χ1v) is 8.98. The minimum Gasteiger partial charge on any atom is -0.393 e. The minimum absolute atomic E-state index is 0.0138. The lowest BCUT2D eigenvalue weighted by molar-refractivity contribution is -0.123. The fraction of sp³-hybridized carbons (Fsp3) is 0.350. The maximum atomic E-state index is 12.5. The van der Waals surface area contributed by atoms with Crippen molar-refractivity contribution >= 4 is 16.8 Å². The van der Waals surface area contributed by atoms with Crippen LogP contribution in [0.4, 0.5) is 0 Å². The van der Waals surface area contributed by atoms with E-state index in [0.29, 0.717) is 25.8 Å². The summed E-state index contributed by atoms with van der Waals surface area (Å²) in [6.45, 7) is 0.550. The number of hydrogen-bond acceptors (Lipinski definition) is 4. The highest BCUT2D eigenvalue weighted by Crippen LogP contribution is 2.38. The molecule has 0 bridgehead atoms. The molecule has 1 aliphatic rings. The largest absolute Gasteiger partial charge is 0.393 e. The molecule has 1 aliphatic carbocycles. The number of rotatable bonds is 6. The Kier molecular flexibility index (Phi) is 4.67. The van der Waals surface area contributed by atoms with Crippen molar-refractivity contribution < 1.29 is 9.90 Å². The normalized spacial score (nSPS) is 20.5. The molecule has 1 fully saturated rings. The van der Waals surface area contributed by atoms with E-state index in [1.54, 1.807) is 10.9 Å². The van der Waals surface area contributed by atoms with Gasteiger partial charge in [-0.25, -0.2) is 0 Å². The van der Waals surface area contributed by atoms with Crippen LogP contribution in [0.3, 0.4) is 0 Å². The van der Waals surface area contributed by atoms with Gasteiger partial charge in [-0.2, -0.15) is 5.10 Å². The molecule has 1 unspecified atom stereocenters. The second-order valence-electron chi connectivity index (χ2n) is 6.91. The molecule has 2 aromatic heterocycles. The van der Waals surface area contributed by atoms with Crippen LogP contribution in [0.25, 0.3) is 10.9 Å². The number of para-hydroxylation sites is 1. The summed E-state index contributed by atoms with van der Waals surface area (Å²) in [5.74, 6) is 0.224. The van der Waals surface area contributed by atoms with Crippen LogP contribution >= 0.6 is 0 Å². The molecule has 4 rings (SSSR count). The minimum atomic E-state index is -0.267. The van der Waals surface area contributed by atoms with Gasteiger partial charge >= 0.3 is 0 Å². The number of aromatic nitrogens is 3. The third kappa shape index (κ3) is 3.60. The summed E-state index contributed by atoms with van der Waals surface area (Å²) in [6, 6.07) is 11.8. The number of nitrogens with one attached hydrogen (secondary N) is 1. The Morgan fingerprint density at radius 1 is 1.31 bits per heavy atom. The van der Waals surface area contributed by atoms with E-state index < -0.39 is 0 Å². The molecule has 0 spiro atoms. The summed E-state index contributed by atoms with van der Waals surface area (Å²) in [6.07, 6.45) is 6.91. The van der Waals surface area contributed by atoms with E-state index in [9.17, 15) is 9.90 Å². The number of carbonyl (C=O) groups is 1. The Labute approximate surface area is 151 Å². The predicted octanol–water partition coefficient (Wildman–Crippen LogP) is 2.45. The van der Waals surface area contributed by atoms with Crippen molar-refractivity contribution in [1.29, 1.82) is 0 Å². The molecule has 6 nitrogen and oxygen atoms in total. The molecular formula is C20H22N4O2. The quantitative estimate of drug-likeness (QED) is 0.716. The van der Waals surface area contributed by atoms with Gasteiger partial charge in [0.1, 0.15) is 0 Å². The summed E-state index contributed by atoms with van der Waals surface area (Å²) in [5, 5.41) is 18.0. The number of fused-ring (bicyclic) bond motifs is 1. The summed E-state index contributed by atoms with van der Waals surface area (Å²) < 4.78 is 1.75. The number of benzene rings is 1. The van der Waals surface area contributed by atoms with E-state index in [4.69, 9.17) is 0 Å². The van der Waals surface area contributed by atoms with Crippen molar-refractivity contribution in [2.75, 3.05) is 0 Å². The third-order valence-corrected chi connectivity index (χ3v) is 5.04. The summed E-state index contributed by atoms with van der Waals surface area (Å²) in [4.78, 5) is 17.0. The van der Waals surface area contributed by atoms with E-state index >= 15 is 0 Å². The average Bonchev–Trinajstić information content (AvgIpc) is 3.15. The Bertz CT molecular complexity index is 888. The molecule has 0 radical (unpaired) electrons. The Morgan fingerprint density at radius 2 is 2.15 bits per heavy atom. The summed E-state index contributed by atoms with van der Waals surface area (Å²) >= 11 is 0. The molecule has 6 heteroatoms. The lowest BCUT2D eigenvalue weighted by atomic mass is 9.75. The fourth-order valence-corrected chi connectivity index (χ4v) is 3.53. The molecule has 1 aromatic carbocycles. The lowest BCUT2D eigenvalue weighted by Gasteiger charge is -2.38. The first-order chi connectivity index (χ1) is 12.7. The zero-order valence-corrected chi connectivity index (χ0v) is 14.5. The van der Waals surface area contributed by atoms with Gasteiger partial charge in [0.25, 0.3) is 0 Å². The van der Waals surface area contributed by atoms with Gasteiger partial charge < -0.3 is 10.4 Å². The molecule has 26 heavy (non-hydrogen) atoms. The summed E-state index contributed by atoms with van der Waals surface area (Å²) in [7, 11) is 0. The molecule has 134 valence electrons. The number of carbonyl (C=O) groups excluding carboxylic acids is 1. The maximum absolute atomic E-state index is 12.5. The molecule has 2 heterocycles. The van der Waals surface area contributed by atoms with Gasteiger partial charge in [-0.1, -0.05) is 18.2 Å². The van der Waals surface area contributed by atoms with Crippen LogP contribution in [-0.4, -0.2) is 31.9 Å². The topological polar surface area (TPSA) is 80.0 Å². The number of nitrogens with zero attached hydrogens (tertiary/aromatic N) is 3. The Morgan fingerprint density at radius 3 is 2.92 bits per heavy atom. The molecule has 0 saturated heterocycles. The molecule has 1 saturated carbocycles. The van der Waals surface area contributed by atoms with Crippen molar-refractivity contribution in [2.45, 2.75) is 38.0 Å². The highest BCUT2D eigenvalue weighted by atomic mass is 16.3. The van der Waals surface area contributed by atoms with Gasteiger partial charge in [0.05, 0.1) is 17.7 Å². The van der Waals surface area contributed by atoms with Gasteiger partial charge in [0.2, 0.25) is 5.91 Å². The zero-order chi connectivity index (χ0) is 17.9. The number of pyridine rings is 1. The number of hydrogen-bond donors (Lipinski definition) is 2. The number of aliphatic hydroxyl groups is 1. The van der Waals surface area contributed by atoms with Gasteiger partial charge in [0.15, 0.2) is 0 Å². The lowest BCUT2D eigenvalue weighted by Crippen LogP contribution is -2.41. The second kappa shape index (κ2) is 7.25. The first-order valence-electron chi connectivity index (χ1n) is 8.98. The van der Waals surface area contributed by atoms with Gasteiger partial charge in [0, 0.05) is 36.9 Å². The Balaban J connectivity index is 1.50. The molecule has 1 atom stereocenters. The zero-order valence-electron chi connectivity index (χ0n) is 14.5. The second-order valence-corrected chi connectivity index (χ2v) is 6.91. The van der Waals surface area contributed by atoms with Crippen LogP contribution in [0.15, 0.2) is 55.0 Å². The molecule has 2 N–H and O–H groups in total. The number of aliphatic hydroxyl groups excluding tert-OH is 1. The monoisotopic (exact) mass is 350 g/mol.